The van der Waals surface area contributed by atoms with E-state index in [9.17, 15) is 4.79 Å². The van der Waals surface area contributed by atoms with Crippen LogP contribution < -0.4 is 0 Å². The van der Waals surface area contributed by atoms with Crippen molar-refractivity contribution in [2.45, 2.75) is 20.0 Å². The van der Waals surface area contributed by atoms with Crippen molar-refractivity contribution >= 4 is 33.2 Å². The molecule has 0 aliphatic carbocycles. The smallest absolute Gasteiger partial charge is 0.264 e. The third-order valence-electron chi connectivity index (χ3n) is 3.20. The number of carbonyl (C=O) groups is 1. The minimum absolute atomic E-state index is 0.130. The van der Waals surface area contributed by atoms with E-state index in [1.54, 1.807) is 0 Å². The molecule has 0 bridgehead atoms. The minimum atomic E-state index is 0.130. The molecule has 0 saturated heterocycles. The van der Waals surface area contributed by atoms with Gasteiger partial charge in [-0.2, -0.15) is 0 Å². The minimum Gasteiger partial charge on any atom is -0.329 e. The van der Waals surface area contributed by atoms with Gasteiger partial charge in [0.15, 0.2) is 0 Å². The first kappa shape index (κ1) is 11.9. The van der Waals surface area contributed by atoms with Gasteiger partial charge in [-0.1, -0.05) is 24.3 Å². The first-order valence-electron chi connectivity index (χ1n) is 5.77. The Morgan fingerprint density at radius 1 is 1.28 bits per heavy atom. The van der Waals surface area contributed by atoms with E-state index in [4.69, 9.17) is 0 Å². The van der Waals surface area contributed by atoms with Crippen LogP contribution in [0.1, 0.15) is 26.4 Å². The van der Waals surface area contributed by atoms with Crippen molar-refractivity contribution in [1.29, 1.82) is 0 Å². The molecule has 2 heterocycles. The molecule has 0 atom stereocenters. The number of nitrogens with zero attached hydrogens (tertiary/aromatic N) is 1. The molecule has 3 rings (SSSR count). The van der Waals surface area contributed by atoms with Gasteiger partial charge in [0.2, 0.25) is 0 Å². The number of hydrogen-bond acceptors (Lipinski definition) is 2. The molecule has 0 fully saturated rings. The second kappa shape index (κ2) is 4.52. The maximum atomic E-state index is 12.4. The molecule has 0 radical (unpaired) electrons. The lowest BCUT2D eigenvalue weighted by molar-refractivity contribution is 0.0756. The number of hydrogen-bond donors (Lipinski definition) is 0. The first-order valence-corrected chi connectivity index (χ1v) is 7.38. The molecule has 1 aromatic heterocycles. The van der Waals surface area contributed by atoms with Gasteiger partial charge >= 0.3 is 0 Å². The molecule has 1 amide bonds. The second-order valence-corrected chi connectivity index (χ2v) is 6.87. The van der Waals surface area contributed by atoms with Gasteiger partial charge in [-0.05, 0) is 45.6 Å². The summed E-state index contributed by atoms with van der Waals surface area (Å²) in [7, 11) is 0. The summed E-state index contributed by atoms with van der Waals surface area (Å²) in [6.45, 7) is 3.46. The van der Waals surface area contributed by atoms with Crippen molar-refractivity contribution in [1.82, 2.24) is 4.90 Å². The topological polar surface area (TPSA) is 20.3 Å². The third-order valence-corrected chi connectivity index (χ3v) is 5.32. The van der Waals surface area contributed by atoms with Crippen LogP contribution in [0.5, 0.6) is 0 Å². The van der Waals surface area contributed by atoms with Crippen LogP contribution >= 0.6 is 27.3 Å². The predicted octanol–water partition coefficient (Wildman–Crippen LogP) is 3.98. The molecule has 2 nitrogen and oxygen atoms in total. The summed E-state index contributed by atoms with van der Waals surface area (Å²) in [6.07, 6.45) is 0. The van der Waals surface area contributed by atoms with E-state index >= 15 is 0 Å². The lowest BCUT2D eigenvalue weighted by Gasteiger charge is -2.13. The Bertz CT molecular complexity index is 576. The van der Waals surface area contributed by atoms with Gasteiger partial charge in [-0.3, -0.25) is 4.79 Å². The van der Waals surface area contributed by atoms with Crippen LogP contribution in [0, 0.1) is 6.92 Å². The van der Waals surface area contributed by atoms with Crippen LogP contribution in [0.15, 0.2) is 34.1 Å². The fourth-order valence-corrected chi connectivity index (χ4v) is 3.70. The summed E-state index contributed by atoms with van der Waals surface area (Å²) in [4.78, 5) is 15.1. The Kier molecular flexibility index (Phi) is 2.99. The summed E-state index contributed by atoms with van der Waals surface area (Å²) < 4.78 is 1.04. The maximum absolute atomic E-state index is 12.4. The number of carbonyl (C=O) groups excluding carboxylic acids is 1. The molecule has 0 N–H and O–H groups in total. The first-order chi connectivity index (χ1) is 8.65. The van der Waals surface area contributed by atoms with E-state index in [0.29, 0.717) is 0 Å². The van der Waals surface area contributed by atoms with Crippen LogP contribution in [0.2, 0.25) is 0 Å². The molecule has 2 aromatic rings. The Labute approximate surface area is 118 Å². The summed E-state index contributed by atoms with van der Waals surface area (Å²) >= 11 is 4.98. The van der Waals surface area contributed by atoms with Crippen molar-refractivity contribution in [3.8, 4) is 0 Å². The SMILES string of the molecule is Cc1cc(C(=O)N2Cc3ccccc3C2)sc1Br. The highest BCUT2D eigenvalue weighted by molar-refractivity contribution is 9.11. The molecular weight excluding hydrogens is 310 g/mol. The van der Waals surface area contributed by atoms with E-state index in [-0.39, 0.29) is 5.91 Å². The molecule has 1 aliphatic heterocycles. The van der Waals surface area contributed by atoms with Crippen molar-refractivity contribution < 1.29 is 4.79 Å². The van der Waals surface area contributed by atoms with Gasteiger partial charge in [0, 0.05) is 13.1 Å². The monoisotopic (exact) mass is 321 g/mol. The fourth-order valence-electron chi connectivity index (χ4n) is 2.20. The quantitative estimate of drug-likeness (QED) is 0.778. The number of halogens is 1. The summed E-state index contributed by atoms with van der Waals surface area (Å²) in [5.41, 5.74) is 3.65. The number of aryl methyl sites for hydroxylation is 1. The van der Waals surface area contributed by atoms with E-state index in [1.807, 2.05) is 30.0 Å². The summed E-state index contributed by atoms with van der Waals surface area (Å²) in [5.74, 6) is 0.130. The van der Waals surface area contributed by atoms with Gasteiger partial charge in [0.25, 0.3) is 5.91 Å². The third kappa shape index (κ3) is 1.99. The highest BCUT2D eigenvalue weighted by atomic mass is 79.9. The fraction of sp³-hybridized carbons (Fsp3) is 0.214. The standard InChI is InChI=1S/C14H12BrNOS/c1-9-6-12(18-13(9)15)14(17)16-7-10-4-2-3-5-11(10)8-16/h2-6H,7-8H2,1H3. The molecule has 0 unspecified atom stereocenters. The molecule has 92 valence electrons. The van der Waals surface area contributed by atoms with Crippen LogP contribution in [0.4, 0.5) is 0 Å². The van der Waals surface area contributed by atoms with Gasteiger partial charge in [-0.25, -0.2) is 0 Å². The van der Waals surface area contributed by atoms with Crippen molar-refractivity contribution in [2.24, 2.45) is 0 Å². The van der Waals surface area contributed by atoms with Crippen LogP contribution in [-0.2, 0) is 13.1 Å². The highest BCUT2D eigenvalue weighted by Crippen LogP contribution is 2.30. The molecule has 18 heavy (non-hydrogen) atoms. The predicted molar refractivity (Wildman–Crippen MR) is 76.8 cm³/mol. The molecule has 1 aromatic carbocycles. The van der Waals surface area contributed by atoms with Gasteiger partial charge < -0.3 is 4.90 Å². The average Bonchev–Trinajstić information content (AvgIpc) is 2.93. The van der Waals surface area contributed by atoms with E-state index in [2.05, 4.69) is 28.1 Å². The number of benzene rings is 1. The normalized spacial score (nSPS) is 13.8. The largest absolute Gasteiger partial charge is 0.329 e. The number of rotatable bonds is 1. The maximum Gasteiger partial charge on any atom is 0.264 e. The molecule has 4 heteroatoms. The molecule has 1 aliphatic rings. The number of amides is 1. The number of fused-ring (bicyclic) bond motifs is 1. The zero-order chi connectivity index (χ0) is 12.7. The van der Waals surface area contributed by atoms with Crippen molar-refractivity contribution in [2.75, 3.05) is 0 Å². The van der Waals surface area contributed by atoms with Gasteiger partial charge in [0.05, 0.1) is 8.66 Å². The Hall–Kier alpha value is -1.13. The van der Waals surface area contributed by atoms with Gasteiger partial charge in [0.1, 0.15) is 0 Å². The Morgan fingerprint density at radius 2 is 1.89 bits per heavy atom. The van der Waals surface area contributed by atoms with E-state index in [0.717, 1.165) is 27.3 Å². The number of thiophene rings is 1. The Morgan fingerprint density at radius 3 is 2.39 bits per heavy atom. The van der Waals surface area contributed by atoms with Crippen molar-refractivity contribution in [3.63, 3.8) is 0 Å². The van der Waals surface area contributed by atoms with Gasteiger partial charge in [-0.15, -0.1) is 11.3 Å². The van der Waals surface area contributed by atoms with Crippen LogP contribution in [-0.4, -0.2) is 10.8 Å². The van der Waals surface area contributed by atoms with E-state index in [1.165, 1.54) is 22.5 Å². The summed E-state index contributed by atoms with van der Waals surface area (Å²) in [5, 5.41) is 0. The van der Waals surface area contributed by atoms with Crippen LogP contribution in [0.25, 0.3) is 0 Å². The Balaban J connectivity index is 1.84. The zero-order valence-electron chi connectivity index (χ0n) is 9.94. The zero-order valence-corrected chi connectivity index (χ0v) is 12.3. The van der Waals surface area contributed by atoms with E-state index < -0.39 is 0 Å². The molecular formula is C14H12BrNOS. The molecule has 0 spiro atoms. The lowest BCUT2D eigenvalue weighted by Crippen LogP contribution is -2.24. The summed E-state index contributed by atoms with van der Waals surface area (Å²) in [6, 6.07) is 10.2. The average molecular weight is 322 g/mol. The lowest BCUT2D eigenvalue weighted by atomic mass is 10.1. The van der Waals surface area contributed by atoms with Crippen LogP contribution in [0.3, 0.4) is 0 Å². The van der Waals surface area contributed by atoms with Crippen molar-refractivity contribution in [3.05, 3.63) is 55.7 Å². The molecule has 0 saturated carbocycles. The highest BCUT2D eigenvalue weighted by Gasteiger charge is 2.25. The second-order valence-electron chi connectivity index (χ2n) is 4.50.